The Hall–Kier alpha value is -0.990. The molecule has 3 heteroatoms. The van der Waals surface area contributed by atoms with Crippen LogP contribution in [-0.2, 0) is 0 Å². The standard InChI is InChI=1S/C13H21N3/c1-10-9-16(12-6-7-12)13(15-10)14-8-2-3-11-4-5-11/h9,11-12H,2-8H2,1H3,(H,14,15). The molecule has 1 N–H and O–H groups in total. The Kier molecular flexibility index (Phi) is 2.62. The van der Waals surface area contributed by atoms with E-state index in [-0.39, 0.29) is 0 Å². The predicted molar refractivity (Wildman–Crippen MR) is 65.7 cm³/mol. The van der Waals surface area contributed by atoms with E-state index < -0.39 is 0 Å². The van der Waals surface area contributed by atoms with Crippen molar-refractivity contribution in [3.05, 3.63) is 11.9 Å². The van der Waals surface area contributed by atoms with Crippen LogP contribution in [0.5, 0.6) is 0 Å². The second-order valence-electron chi connectivity index (χ2n) is 5.36. The maximum absolute atomic E-state index is 4.56. The lowest BCUT2D eigenvalue weighted by Crippen LogP contribution is -2.08. The van der Waals surface area contributed by atoms with E-state index in [4.69, 9.17) is 0 Å². The molecule has 0 bridgehead atoms. The minimum absolute atomic E-state index is 0.729. The monoisotopic (exact) mass is 219 g/mol. The first kappa shape index (κ1) is 10.2. The van der Waals surface area contributed by atoms with Crippen LogP contribution >= 0.6 is 0 Å². The molecule has 2 aliphatic carbocycles. The van der Waals surface area contributed by atoms with Gasteiger partial charge >= 0.3 is 0 Å². The van der Waals surface area contributed by atoms with Gasteiger partial charge in [0.25, 0.3) is 0 Å². The van der Waals surface area contributed by atoms with E-state index in [1.807, 2.05) is 0 Å². The van der Waals surface area contributed by atoms with Gasteiger partial charge in [0.1, 0.15) is 0 Å². The Morgan fingerprint density at radius 1 is 1.38 bits per heavy atom. The van der Waals surface area contributed by atoms with Gasteiger partial charge in [-0.05, 0) is 38.5 Å². The van der Waals surface area contributed by atoms with Gasteiger partial charge in [-0.15, -0.1) is 0 Å². The highest BCUT2D eigenvalue weighted by Crippen LogP contribution is 2.37. The Balaban J connectivity index is 1.51. The van der Waals surface area contributed by atoms with Gasteiger partial charge in [-0.3, -0.25) is 0 Å². The number of aromatic nitrogens is 2. The highest BCUT2D eigenvalue weighted by Gasteiger charge is 2.26. The number of rotatable bonds is 6. The fourth-order valence-electron chi connectivity index (χ4n) is 2.28. The van der Waals surface area contributed by atoms with Crippen LogP contribution in [0.25, 0.3) is 0 Å². The van der Waals surface area contributed by atoms with Gasteiger partial charge in [0.2, 0.25) is 5.95 Å². The number of imidazole rings is 1. The first-order valence-electron chi connectivity index (χ1n) is 6.62. The molecule has 3 nitrogen and oxygen atoms in total. The topological polar surface area (TPSA) is 29.9 Å². The molecule has 0 unspecified atom stereocenters. The normalized spacial score (nSPS) is 20.1. The van der Waals surface area contributed by atoms with E-state index in [9.17, 15) is 0 Å². The van der Waals surface area contributed by atoms with Crippen molar-refractivity contribution in [2.75, 3.05) is 11.9 Å². The van der Waals surface area contributed by atoms with Crippen LogP contribution in [0.2, 0.25) is 0 Å². The van der Waals surface area contributed by atoms with E-state index in [1.165, 1.54) is 38.5 Å². The summed E-state index contributed by atoms with van der Waals surface area (Å²) >= 11 is 0. The van der Waals surface area contributed by atoms with Crippen molar-refractivity contribution in [3.63, 3.8) is 0 Å². The first-order valence-corrected chi connectivity index (χ1v) is 6.62. The van der Waals surface area contributed by atoms with Crippen LogP contribution < -0.4 is 5.32 Å². The van der Waals surface area contributed by atoms with Crippen molar-refractivity contribution in [2.45, 2.75) is 51.5 Å². The highest BCUT2D eigenvalue weighted by atomic mass is 15.2. The number of nitrogens with one attached hydrogen (secondary N) is 1. The average Bonchev–Trinajstić information content (AvgIpc) is 3.13. The lowest BCUT2D eigenvalue weighted by atomic mass is 10.2. The lowest BCUT2D eigenvalue weighted by molar-refractivity contribution is 0.677. The minimum atomic E-state index is 0.729. The number of anilines is 1. The molecule has 3 rings (SSSR count). The second-order valence-corrected chi connectivity index (χ2v) is 5.36. The highest BCUT2D eigenvalue weighted by molar-refractivity contribution is 5.30. The third-order valence-corrected chi connectivity index (χ3v) is 3.56. The zero-order chi connectivity index (χ0) is 11.0. The van der Waals surface area contributed by atoms with Gasteiger partial charge in [-0.25, -0.2) is 4.98 Å². The maximum Gasteiger partial charge on any atom is 0.203 e. The van der Waals surface area contributed by atoms with Gasteiger partial charge in [0, 0.05) is 18.8 Å². The van der Waals surface area contributed by atoms with E-state index in [1.54, 1.807) is 0 Å². The van der Waals surface area contributed by atoms with Crippen LogP contribution in [0.1, 0.15) is 50.3 Å². The SMILES string of the molecule is Cc1cn(C2CC2)c(NCCCC2CC2)n1. The van der Waals surface area contributed by atoms with E-state index in [0.29, 0.717) is 0 Å². The Morgan fingerprint density at radius 3 is 2.88 bits per heavy atom. The molecule has 2 fully saturated rings. The molecule has 0 spiro atoms. The molecular formula is C13H21N3. The summed E-state index contributed by atoms with van der Waals surface area (Å²) in [5.74, 6) is 2.14. The molecule has 0 aromatic carbocycles. The number of nitrogens with zero attached hydrogens (tertiary/aromatic N) is 2. The summed E-state index contributed by atoms with van der Waals surface area (Å²) in [5.41, 5.74) is 1.14. The molecular weight excluding hydrogens is 198 g/mol. The fourth-order valence-corrected chi connectivity index (χ4v) is 2.28. The predicted octanol–water partition coefficient (Wildman–Crippen LogP) is 3.13. The molecule has 0 atom stereocenters. The second kappa shape index (κ2) is 4.11. The van der Waals surface area contributed by atoms with Gasteiger partial charge in [0.15, 0.2) is 0 Å². The van der Waals surface area contributed by atoms with E-state index in [2.05, 4.69) is 28.0 Å². The van der Waals surface area contributed by atoms with Crippen molar-refractivity contribution >= 4 is 5.95 Å². The van der Waals surface area contributed by atoms with Crippen molar-refractivity contribution < 1.29 is 0 Å². The number of hydrogen-bond donors (Lipinski definition) is 1. The van der Waals surface area contributed by atoms with Crippen molar-refractivity contribution in [2.24, 2.45) is 5.92 Å². The van der Waals surface area contributed by atoms with Gasteiger partial charge in [0.05, 0.1) is 5.69 Å². The van der Waals surface area contributed by atoms with Crippen LogP contribution in [-0.4, -0.2) is 16.1 Å². The molecule has 2 saturated carbocycles. The summed E-state index contributed by atoms with van der Waals surface area (Å²) in [4.78, 5) is 4.56. The summed E-state index contributed by atoms with van der Waals surface area (Å²) < 4.78 is 2.33. The first-order chi connectivity index (χ1) is 7.83. The Morgan fingerprint density at radius 2 is 2.19 bits per heavy atom. The number of hydrogen-bond acceptors (Lipinski definition) is 2. The molecule has 1 heterocycles. The Bertz CT molecular complexity index is 361. The van der Waals surface area contributed by atoms with Crippen LogP contribution in [0.3, 0.4) is 0 Å². The van der Waals surface area contributed by atoms with Gasteiger partial charge in [-0.1, -0.05) is 12.8 Å². The molecule has 1 aromatic rings. The molecule has 1 aromatic heterocycles. The van der Waals surface area contributed by atoms with Gasteiger partial charge in [-0.2, -0.15) is 0 Å². The van der Waals surface area contributed by atoms with Crippen molar-refractivity contribution in [1.82, 2.24) is 9.55 Å². The third-order valence-electron chi connectivity index (χ3n) is 3.56. The molecule has 2 aliphatic rings. The maximum atomic E-state index is 4.56. The summed E-state index contributed by atoms with van der Waals surface area (Å²) in [6, 6.07) is 0.729. The van der Waals surface area contributed by atoms with Crippen LogP contribution in [0, 0.1) is 12.8 Å². The quantitative estimate of drug-likeness (QED) is 0.745. The fraction of sp³-hybridized carbons (Fsp3) is 0.769. The minimum Gasteiger partial charge on any atom is -0.356 e. The zero-order valence-corrected chi connectivity index (χ0v) is 10.1. The third kappa shape index (κ3) is 2.39. The van der Waals surface area contributed by atoms with E-state index >= 15 is 0 Å². The Labute approximate surface area is 97.3 Å². The smallest absolute Gasteiger partial charge is 0.203 e. The molecule has 88 valence electrons. The summed E-state index contributed by atoms with van der Waals surface area (Å²) in [6.07, 6.45) is 10.5. The zero-order valence-electron chi connectivity index (χ0n) is 10.1. The van der Waals surface area contributed by atoms with Crippen molar-refractivity contribution in [3.8, 4) is 0 Å². The molecule has 16 heavy (non-hydrogen) atoms. The lowest BCUT2D eigenvalue weighted by Gasteiger charge is -2.08. The summed E-state index contributed by atoms with van der Waals surface area (Å²) in [5, 5.41) is 3.49. The number of aryl methyl sites for hydroxylation is 1. The summed E-state index contributed by atoms with van der Waals surface area (Å²) in [7, 11) is 0. The van der Waals surface area contributed by atoms with Crippen LogP contribution in [0.15, 0.2) is 6.20 Å². The van der Waals surface area contributed by atoms with Crippen molar-refractivity contribution in [1.29, 1.82) is 0 Å². The summed E-state index contributed by atoms with van der Waals surface area (Å²) in [6.45, 7) is 3.16. The largest absolute Gasteiger partial charge is 0.356 e. The average molecular weight is 219 g/mol. The molecule has 0 amide bonds. The molecule has 0 saturated heterocycles. The van der Waals surface area contributed by atoms with E-state index in [0.717, 1.165) is 30.1 Å². The molecule has 0 aliphatic heterocycles. The van der Waals surface area contributed by atoms with Crippen LogP contribution in [0.4, 0.5) is 5.95 Å². The van der Waals surface area contributed by atoms with Gasteiger partial charge < -0.3 is 9.88 Å². The molecule has 0 radical (unpaired) electrons.